The summed E-state index contributed by atoms with van der Waals surface area (Å²) in [6.45, 7) is 3.97. The summed E-state index contributed by atoms with van der Waals surface area (Å²) in [6.07, 6.45) is 0. The van der Waals surface area contributed by atoms with Gasteiger partial charge in [-0.05, 0) is 49.2 Å². The van der Waals surface area contributed by atoms with E-state index in [0.29, 0.717) is 5.75 Å². The van der Waals surface area contributed by atoms with Crippen LogP contribution in [0.3, 0.4) is 0 Å². The maximum atomic E-state index is 13.4. The lowest BCUT2D eigenvalue weighted by molar-refractivity contribution is 0.474. The van der Waals surface area contributed by atoms with E-state index in [1.807, 2.05) is 32.0 Å². The van der Waals surface area contributed by atoms with Crippen molar-refractivity contribution in [2.24, 2.45) is 0 Å². The van der Waals surface area contributed by atoms with Gasteiger partial charge < -0.3 is 4.74 Å². The molecule has 2 nitrogen and oxygen atoms in total. The fraction of sp³-hybridized carbons (Fsp3) is 0.133. The minimum atomic E-state index is -0.571. The first-order valence-corrected chi connectivity index (χ1v) is 5.55. The lowest BCUT2D eigenvalue weighted by atomic mass is 10.1. The largest absolute Gasteiger partial charge is 0.456 e. The van der Waals surface area contributed by atoms with E-state index in [-0.39, 0.29) is 11.3 Å². The molecule has 0 unspecified atom stereocenters. The third-order valence-corrected chi connectivity index (χ3v) is 2.79. The van der Waals surface area contributed by atoms with Crippen LogP contribution < -0.4 is 4.74 Å². The quantitative estimate of drug-likeness (QED) is 0.792. The highest BCUT2D eigenvalue weighted by Crippen LogP contribution is 2.27. The van der Waals surface area contributed by atoms with Crippen molar-refractivity contribution in [3.63, 3.8) is 0 Å². The molecule has 3 heteroatoms. The molecule has 0 fully saturated rings. The molecule has 0 aliphatic carbocycles. The summed E-state index contributed by atoms with van der Waals surface area (Å²) in [5, 5.41) is 8.91. The summed E-state index contributed by atoms with van der Waals surface area (Å²) in [5.74, 6) is 0.264. The molecule has 2 aromatic rings. The maximum absolute atomic E-state index is 13.4. The third kappa shape index (κ3) is 2.33. The second-order valence-electron chi connectivity index (χ2n) is 4.07. The number of ether oxygens (including phenoxy) is 1. The zero-order valence-electron chi connectivity index (χ0n) is 10.2. The normalized spacial score (nSPS) is 9.89. The summed E-state index contributed by atoms with van der Waals surface area (Å²) < 4.78 is 18.9. The summed E-state index contributed by atoms with van der Waals surface area (Å²) in [6, 6.07) is 11.7. The van der Waals surface area contributed by atoms with Gasteiger partial charge in [0, 0.05) is 0 Å². The molecule has 0 aromatic heterocycles. The van der Waals surface area contributed by atoms with Crippen LogP contribution in [0, 0.1) is 31.0 Å². The van der Waals surface area contributed by atoms with Crippen LogP contribution in [0.1, 0.15) is 16.7 Å². The Morgan fingerprint density at radius 2 is 1.89 bits per heavy atom. The highest BCUT2D eigenvalue weighted by atomic mass is 19.1. The number of hydrogen-bond donors (Lipinski definition) is 0. The molecular formula is C15H12FNO. The molecule has 0 atom stereocenters. The Hall–Kier alpha value is -2.34. The second kappa shape index (κ2) is 4.89. The number of hydrogen-bond acceptors (Lipinski definition) is 2. The van der Waals surface area contributed by atoms with Gasteiger partial charge in [-0.2, -0.15) is 5.26 Å². The second-order valence-corrected chi connectivity index (χ2v) is 4.07. The fourth-order valence-electron chi connectivity index (χ4n) is 1.60. The van der Waals surface area contributed by atoms with Crippen LogP contribution in [0.5, 0.6) is 11.5 Å². The smallest absolute Gasteiger partial charge is 0.148 e. The van der Waals surface area contributed by atoms with E-state index < -0.39 is 5.82 Å². The lowest BCUT2D eigenvalue weighted by Gasteiger charge is -2.09. The Labute approximate surface area is 105 Å². The maximum Gasteiger partial charge on any atom is 0.148 e. The van der Waals surface area contributed by atoms with E-state index >= 15 is 0 Å². The number of benzene rings is 2. The molecule has 0 aliphatic heterocycles. The van der Waals surface area contributed by atoms with Crippen LogP contribution in [0.15, 0.2) is 36.4 Å². The minimum Gasteiger partial charge on any atom is -0.456 e. The average Bonchev–Trinajstić information content (AvgIpc) is 2.34. The molecule has 0 saturated carbocycles. The number of rotatable bonds is 2. The lowest BCUT2D eigenvalue weighted by Crippen LogP contribution is -1.92. The van der Waals surface area contributed by atoms with Gasteiger partial charge in [0.05, 0.1) is 0 Å². The van der Waals surface area contributed by atoms with Gasteiger partial charge in [-0.3, -0.25) is 0 Å². The van der Waals surface area contributed by atoms with E-state index in [1.165, 1.54) is 12.1 Å². The average molecular weight is 241 g/mol. The first-order valence-electron chi connectivity index (χ1n) is 5.55. The van der Waals surface area contributed by atoms with Crippen molar-refractivity contribution in [2.75, 3.05) is 0 Å². The van der Waals surface area contributed by atoms with Crippen molar-refractivity contribution >= 4 is 0 Å². The van der Waals surface area contributed by atoms with Gasteiger partial charge in [0.15, 0.2) is 0 Å². The zero-order chi connectivity index (χ0) is 13.1. The van der Waals surface area contributed by atoms with Crippen LogP contribution in [-0.2, 0) is 0 Å². The molecule has 2 rings (SSSR count). The van der Waals surface area contributed by atoms with Gasteiger partial charge in [0.2, 0.25) is 0 Å². The summed E-state index contributed by atoms with van der Waals surface area (Å²) in [4.78, 5) is 0. The number of nitriles is 1. The van der Waals surface area contributed by atoms with E-state index in [1.54, 1.807) is 12.1 Å². The standard InChI is InChI=1S/C15H12FNO/c1-10-6-7-12(8-11(10)2)18-15-5-3-4-14(16)13(15)9-17/h3-8H,1-2H3. The molecule has 18 heavy (non-hydrogen) atoms. The SMILES string of the molecule is Cc1ccc(Oc2cccc(F)c2C#N)cc1C. The molecule has 90 valence electrons. The number of aryl methyl sites for hydroxylation is 2. The van der Waals surface area contributed by atoms with Crippen molar-refractivity contribution in [1.29, 1.82) is 5.26 Å². The monoisotopic (exact) mass is 241 g/mol. The van der Waals surface area contributed by atoms with Gasteiger partial charge >= 0.3 is 0 Å². The number of halogens is 1. The van der Waals surface area contributed by atoms with Crippen molar-refractivity contribution in [2.45, 2.75) is 13.8 Å². The summed E-state index contributed by atoms with van der Waals surface area (Å²) in [5.41, 5.74) is 2.17. The Morgan fingerprint density at radius 3 is 2.56 bits per heavy atom. The molecule has 0 aliphatic rings. The predicted molar refractivity (Wildman–Crippen MR) is 67.1 cm³/mol. The van der Waals surface area contributed by atoms with E-state index in [9.17, 15) is 4.39 Å². The molecule has 0 saturated heterocycles. The van der Waals surface area contributed by atoms with Gasteiger partial charge in [0.1, 0.15) is 28.9 Å². The van der Waals surface area contributed by atoms with Crippen LogP contribution in [0.25, 0.3) is 0 Å². The van der Waals surface area contributed by atoms with Crippen molar-refractivity contribution in [3.8, 4) is 17.6 Å². The van der Waals surface area contributed by atoms with Crippen molar-refractivity contribution < 1.29 is 9.13 Å². The Morgan fingerprint density at radius 1 is 1.11 bits per heavy atom. The Balaban J connectivity index is 2.37. The van der Waals surface area contributed by atoms with Crippen molar-refractivity contribution in [1.82, 2.24) is 0 Å². The minimum absolute atomic E-state index is 0.0734. The Bertz CT molecular complexity index is 629. The molecule has 0 bridgehead atoms. The molecular weight excluding hydrogens is 229 g/mol. The molecule has 0 radical (unpaired) electrons. The van der Waals surface area contributed by atoms with Crippen LogP contribution in [0.2, 0.25) is 0 Å². The predicted octanol–water partition coefficient (Wildman–Crippen LogP) is 4.11. The van der Waals surface area contributed by atoms with Gasteiger partial charge in [-0.1, -0.05) is 12.1 Å². The summed E-state index contributed by atoms with van der Waals surface area (Å²) in [7, 11) is 0. The molecule has 0 heterocycles. The topological polar surface area (TPSA) is 33.0 Å². The number of nitrogens with zero attached hydrogens (tertiary/aromatic N) is 1. The van der Waals surface area contributed by atoms with Gasteiger partial charge in [0.25, 0.3) is 0 Å². The van der Waals surface area contributed by atoms with Gasteiger partial charge in [-0.25, -0.2) is 4.39 Å². The molecule has 0 amide bonds. The molecule has 2 aromatic carbocycles. The van der Waals surface area contributed by atoms with Crippen molar-refractivity contribution in [3.05, 3.63) is 58.9 Å². The van der Waals surface area contributed by atoms with Crippen LogP contribution in [-0.4, -0.2) is 0 Å². The first kappa shape index (κ1) is 12.1. The molecule has 0 N–H and O–H groups in total. The van der Waals surface area contributed by atoms with E-state index in [0.717, 1.165) is 11.1 Å². The fourth-order valence-corrected chi connectivity index (χ4v) is 1.60. The van der Waals surface area contributed by atoms with Crippen LogP contribution >= 0.6 is 0 Å². The zero-order valence-corrected chi connectivity index (χ0v) is 10.2. The van der Waals surface area contributed by atoms with Crippen LogP contribution in [0.4, 0.5) is 4.39 Å². The summed E-state index contributed by atoms with van der Waals surface area (Å²) >= 11 is 0. The first-order chi connectivity index (χ1) is 8.61. The molecule has 0 spiro atoms. The third-order valence-electron chi connectivity index (χ3n) is 2.79. The van der Waals surface area contributed by atoms with E-state index in [2.05, 4.69) is 0 Å². The Kier molecular flexibility index (Phi) is 3.29. The van der Waals surface area contributed by atoms with E-state index in [4.69, 9.17) is 10.00 Å². The highest BCUT2D eigenvalue weighted by molar-refractivity contribution is 5.46. The van der Waals surface area contributed by atoms with Gasteiger partial charge in [-0.15, -0.1) is 0 Å². The highest BCUT2D eigenvalue weighted by Gasteiger charge is 2.09.